The highest BCUT2D eigenvalue weighted by molar-refractivity contribution is 7.91. The van der Waals surface area contributed by atoms with Crippen LogP contribution in [0.5, 0.6) is 0 Å². The van der Waals surface area contributed by atoms with E-state index in [4.69, 9.17) is 11.6 Å². The zero-order valence-electron chi connectivity index (χ0n) is 17.4. The molecule has 1 aliphatic rings. The number of halogens is 4. The van der Waals surface area contributed by atoms with Crippen molar-refractivity contribution < 1.29 is 26.4 Å². The third-order valence-corrected chi connectivity index (χ3v) is 7.38. The number of carbonyl (C=O) groups excluding carboxylic acids is 1. The SMILES string of the molecule is CC(Nc1ncc(C(F)(F)F)cc1Cl)c1nn(C)c2cc(C(=O)NS(=O)(=O)C3CC3)ccc12. The standard InChI is InChI=1S/C20H19ClF3N5O3S/c1-10(26-18-15(21)8-12(9-25-18)20(22,23)24)17-14-6-3-11(7-16(14)29(2)27-17)19(30)28-33(31,32)13-4-5-13/h3,6-10,13H,4-5H2,1-2H3,(H,25,26)(H,28,30). The molecule has 1 unspecified atom stereocenters. The number of nitrogens with one attached hydrogen (secondary N) is 2. The van der Waals surface area contributed by atoms with E-state index >= 15 is 0 Å². The number of aryl methyl sites for hydroxylation is 1. The Morgan fingerprint density at radius 3 is 2.58 bits per heavy atom. The first-order chi connectivity index (χ1) is 15.4. The lowest BCUT2D eigenvalue weighted by molar-refractivity contribution is -0.137. The molecule has 1 saturated carbocycles. The van der Waals surface area contributed by atoms with Gasteiger partial charge in [0.05, 0.1) is 33.1 Å². The Bertz CT molecular complexity index is 1350. The summed E-state index contributed by atoms with van der Waals surface area (Å²) in [6.07, 6.45) is -2.79. The van der Waals surface area contributed by atoms with Crippen molar-refractivity contribution in [2.45, 2.75) is 37.2 Å². The highest BCUT2D eigenvalue weighted by atomic mass is 35.5. The van der Waals surface area contributed by atoms with Gasteiger partial charge in [-0.25, -0.2) is 18.1 Å². The van der Waals surface area contributed by atoms with Gasteiger partial charge >= 0.3 is 6.18 Å². The van der Waals surface area contributed by atoms with Gasteiger partial charge in [0, 0.05) is 24.2 Å². The van der Waals surface area contributed by atoms with Gasteiger partial charge in [0.15, 0.2) is 0 Å². The minimum atomic E-state index is -4.56. The number of hydrogen-bond acceptors (Lipinski definition) is 6. The third-order valence-electron chi connectivity index (χ3n) is 5.27. The number of amides is 1. The van der Waals surface area contributed by atoms with Crippen molar-refractivity contribution >= 4 is 44.3 Å². The van der Waals surface area contributed by atoms with Crippen LogP contribution in [0.2, 0.25) is 5.02 Å². The van der Waals surface area contributed by atoms with Gasteiger partial charge in [-0.2, -0.15) is 18.3 Å². The maximum absolute atomic E-state index is 12.8. The summed E-state index contributed by atoms with van der Waals surface area (Å²) in [5.41, 5.74) is 0.322. The summed E-state index contributed by atoms with van der Waals surface area (Å²) < 4.78 is 66.2. The van der Waals surface area contributed by atoms with Crippen molar-refractivity contribution in [2.24, 2.45) is 7.05 Å². The number of fused-ring (bicyclic) bond motifs is 1. The van der Waals surface area contributed by atoms with Crippen LogP contribution in [0.3, 0.4) is 0 Å². The number of aromatic nitrogens is 3. The molecule has 13 heteroatoms. The second-order valence-electron chi connectivity index (χ2n) is 7.83. The lowest BCUT2D eigenvalue weighted by atomic mass is 10.1. The van der Waals surface area contributed by atoms with Crippen LogP contribution in [0.15, 0.2) is 30.5 Å². The van der Waals surface area contributed by atoms with Crippen molar-refractivity contribution in [3.63, 3.8) is 0 Å². The van der Waals surface area contributed by atoms with Gasteiger partial charge in [0.25, 0.3) is 5.91 Å². The Kier molecular flexibility index (Phi) is 5.77. The van der Waals surface area contributed by atoms with E-state index in [9.17, 15) is 26.4 Å². The van der Waals surface area contributed by atoms with Crippen molar-refractivity contribution in [3.05, 3.63) is 52.3 Å². The van der Waals surface area contributed by atoms with Crippen LogP contribution >= 0.6 is 11.6 Å². The highest BCUT2D eigenvalue weighted by Gasteiger charge is 2.37. The van der Waals surface area contributed by atoms with Gasteiger partial charge in [0.2, 0.25) is 10.0 Å². The molecule has 33 heavy (non-hydrogen) atoms. The molecule has 3 aromatic rings. The molecule has 1 atom stereocenters. The fourth-order valence-corrected chi connectivity index (χ4v) is 4.89. The van der Waals surface area contributed by atoms with Crippen LogP contribution in [0.25, 0.3) is 10.9 Å². The number of rotatable bonds is 6. The van der Waals surface area contributed by atoms with E-state index in [1.807, 2.05) is 0 Å². The Morgan fingerprint density at radius 1 is 1.27 bits per heavy atom. The number of benzene rings is 1. The molecular weight excluding hydrogens is 483 g/mol. The zero-order chi connectivity index (χ0) is 24.1. The molecule has 0 radical (unpaired) electrons. The Hall–Kier alpha value is -2.86. The molecule has 2 aromatic heterocycles. The van der Waals surface area contributed by atoms with Gasteiger partial charge < -0.3 is 5.32 Å². The normalized spacial score (nSPS) is 15.5. The first kappa shape index (κ1) is 23.3. The largest absolute Gasteiger partial charge is 0.417 e. The van der Waals surface area contributed by atoms with Crippen LogP contribution in [0, 0.1) is 0 Å². The van der Waals surface area contributed by atoms with E-state index in [-0.39, 0.29) is 16.4 Å². The summed E-state index contributed by atoms with van der Waals surface area (Å²) in [5.74, 6) is -0.657. The summed E-state index contributed by atoms with van der Waals surface area (Å²) >= 11 is 5.98. The number of sulfonamides is 1. The van der Waals surface area contributed by atoms with Crippen LogP contribution < -0.4 is 10.0 Å². The van der Waals surface area contributed by atoms with Crippen LogP contribution in [0.4, 0.5) is 19.0 Å². The van der Waals surface area contributed by atoms with E-state index < -0.39 is 39.0 Å². The number of hydrogen-bond donors (Lipinski definition) is 2. The van der Waals surface area contributed by atoms with E-state index in [1.54, 1.807) is 20.0 Å². The fraction of sp³-hybridized carbons (Fsp3) is 0.350. The molecule has 0 bridgehead atoms. The summed E-state index contributed by atoms with van der Waals surface area (Å²) in [4.78, 5) is 16.2. The molecular formula is C20H19ClF3N5O3S. The smallest absolute Gasteiger partial charge is 0.361 e. The molecule has 8 nitrogen and oxygen atoms in total. The maximum atomic E-state index is 12.8. The molecule has 0 aliphatic heterocycles. The Morgan fingerprint density at radius 2 is 1.97 bits per heavy atom. The van der Waals surface area contributed by atoms with Crippen LogP contribution in [-0.2, 0) is 23.2 Å². The first-order valence-electron chi connectivity index (χ1n) is 9.88. The number of carbonyl (C=O) groups is 1. The van der Waals surface area contributed by atoms with E-state index in [0.717, 1.165) is 6.07 Å². The van der Waals surface area contributed by atoms with Crippen molar-refractivity contribution in [2.75, 3.05) is 5.32 Å². The molecule has 0 spiro atoms. The molecule has 2 heterocycles. The average molecular weight is 502 g/mol. The topological polar surface area (TPSA) is 106 Å². The molecule has 1 aromatic carbocycles. The quantitative estimate of drug-likeness (QED) is 0.528. The summed E-state index contributed by atoms with van der Waals surface area (Å²) in [6.45, 7) is 1.74. The highest BCUT2D eigenvalue weighted by Crippen LogP contribution is 2.34. The second kappa shape index (κ2) is 8.17. The van der Waals surface area contributed by atoms with Gasteiger partial charge in [-0.3, -0.25) is 9.48 Å². The predicted octanol–water partition coefficient (Wildman–Crippen LogP) is 4.04. The molecule has 2 N–H and O–H groups in total. The second-order valence-corrected chi connectivity index (χ2v) is 10.2. The molecule has 176 valence electrons. The molecule has 0 saturated heterocycles. The summed E-state index contributed by atoms with van der Waals surface area (Å²) in [7, 11) is -2.02. The lowest BCUT2D eigenvalue weighted by Crippen LogP contribution is -2.33. The number of alkyl halides is 3. The summed E-state index contributed by atoms with van der Waals surface area (Å²) in [5, 5.41) is 7.35. The first-order valence-corrected chi connectivity index (χ1v) is 11.8. The van der Waals surface area contributed by atoms with Crippen LogP contribution in [-0.4, -0.2) is 34.3 Å². The molecule has 4 rings (SSSR count). The number of anilines is 1. The molecule has 1 aliphatic carbocycles. The van der Waals surface area contributed by atoms with E-state index in [2.05, 4.69) is 20.1 Å². The van der Waals surface area contributed by atoms with Gasteiger partial charge in [-0.1, -0.05) is 17.7 Å². The predicted molar refractivity (Wildman–Crippen MR) is 116 cm³/mol. The van der Waals surface area contributed by atoms with Crippen molar-refractivity contribution in [1.82, 2.24) is 19.5 Å². The maximum Gasteiger partial charge on any atom is 0.417 e. The van der Waals surface area contributed by atoms with E-state index in [0.29, 0.717) is 35.6 Å². The van der Waals surface area contributed by atoms with Gasteiger partial charge in [0.1, 0.15) is 5.82 Å². The number of pyridine rings is 1. The van der Waals surface area contributed by atoms with Crippen molar-refractivity contribution in [1.29, 1.82) is 0 Å². The lowest BCUT2D eigenvalue weighted by Gasteiger charge is -2.15. The summed E-state index contributed by atoms with van der Waals surface area (Å²) in [6, 6.07) is 4.95. The number of nitrogens with zero attached hydrogens (tertiary/aromatic N) is 3. The third kappa shape index (κ3) is 4.76. The fourth-order valence-electron chi connectivity index (χ4n) is 3.37. The Balaban J connectivity index is 1.58. The minimum Gasteiger partial charge on any atom is -0.361 e. The Labute approximate surface area is 192 Å². The zero-order valence-corrected chi connectivity index (χ0v) is 19.0. The van der Waals surface area contributed by atoms with Crippen LogP contribution in [0.1, 0.15) is 47.4 Å². The van der Waals surface area contributed by atoms with Gasteiger partial charge in [-0.05, 0) is 38.0 Å². The van der Waals surface area contributed by atoms with Gasteiger partial charge in [-0.15, -0.1) is 0 Å². The molecule has 1 fully saturated rings. The average Bonchev–Trinajstić information content (AvgIpc) is 3.53. The monoisotopic (exact) mass is 501 g/mol. The molecule has 1 amide bonds. The minimum absolute atomic E-state index is 0.0669. The van der Waals surface area contributed by atoms with E-state index in [1.165, 1.54) is 16.8 Å². The van der Waals surface area contributed by atoms with Crippen molar-refractivity contribution in [3.8, 4) is 0 Å².